The first-order chi connectivity index (χ1) is 7.89. The summed E-state index contributed by atoms with van der Waals surface area (Å²) in [5, 5.41) is 0. The van der Waals surface area contributed by atoms with Crippen molar-refractivity contribution >= 4 is 11.8 Å². The van der Waals surface area contributed by atoms with Crippen molar-refractivity contribution in [1.29, 1.82) is 0 Å². The molecule has 1 aliphatic heterocycles. The Hall–Kier alpha value is -0.940. The molecule has 3 fully saturated rings. The molecule has 3 rings (SSSR count). The second kappa shape index (κ2) is 3.29. The van der Waals surface area contributed by atoms with E-state index in [9.17, 15) is 9.59 Å². The molecule has 0 amide bonds. The first-order valence-electron chi connectivity index (χ1n) is 5.95. The minimum Gasteiger partial charge on any atom is -0.462 e. The van der Waals surface area contributed by atoms with Gasteiger partial charge in [0.2, 0.25) is 0 Å². The lowest BCUT2D eigenvalue weighted by molar-refractivity contribution is -0.165. The van der Waals surface area contributed by atoms with Crippen LogP contribution in [0, 0.1) is 11.8 Å². The smallest absolute Gasteiger partial charge is 0.302 e. The van der Waals surface area contributed by atoms with Gasteiger partial charge in [-0.2, -0.15) is 0 Å². The molecule has 1 heterocycles. The molecule has 5 atom stereocenters. The van der Waals surface area contributed by atoms with Crippen molar-refractivity contribution in [1.82, 2.24) is 0 Å². The van der Waals surface area contributed by atoms with Crippen LogP contribution in [0.25, 0.3) is 0 Å². The van der Waals surface area contributed by atoms with Gasteiger partial charge in [-0.1, -0.05) is 0 Å². The van der Waals surface area contributed by atoms with E-state index in [1.807, 2.05) is 13.8 Å². The maximum absolute atomic E-state index is 12.0. The quantitative estimate of drug-likeness (QED) is 0.630. The van der Waals surface area contributed by atoms with Gasteiger partial charge >= 0.3 is 5.97 Å². The predicted octanol–water partition coefficient (Wildman–Crippen LogP) is 0.657. The molecule has 0 aromatic heterocycles. The first kappa shape index (κ1) is 11.2. The summed E-state index contributed by atoms with van der Waals surface area (Å²) in [6.45, 7) is 5.05. The van der Waals surface area contributed by atoms with Crippen LogP contribution in [-0.2, 0) is 23.8 Å². The van der Waals surface area contributed by atoms with Crippen molar-refractivity contribution < 1.29 is 23.8 Å². The van der Waals surface area contributed by atoms with Crippen molar-refractivity contribution in [2.45, 2.75) is 51.3 Å². The highest BCUT2D eigenvalue weighted by Crippen LogP contribution is 2.51. The van der Waals surface area contributed by atoms with Gasteiger partial charge in [0.15, 0.2) is 5.79 Å². The molecular formula is C12H16O5. The van der Waals surface area contributed by atoms with Gasteiger partial charge in [-0.3, -0.25) is 9.59 Å². The summed E-state index contributed by atoms with van der Waals surface area (Å²) < 4.78 is 16.7. The van der Waals surface area contributed by atoms with Gasteiger partial charge in [0.25, 0.3) is 0 Å². The van der Waals surface area contributed by atoms with Crippen LogP contribution in [0.1, 0.15) is 27.2 Å². The van der Waals surface area contributed by atoms with Crippen LogP contribution in [0.5, 0.6) is 0 Å². The Morgan fingerprint density at radius 2 is 2.00 bits per heavy atom. The molecule has 0 aromatic rings. The number of rotatable bonds is 1. The molecule has 0 aromatic carbocycles. The molecule has 2 bridgehead atoms. The van der Waals surface area contributed by atoms with Crippen LogP contribution in [0.3, 0.4) is 0 Å². The third kappa shape index (κ3) is 1.52. The topological polar surface area (TPSA) is 61.8 Å². The van der Waals surface area contributed by atoms with E-state index in [0.717, 1.165) is 0 Å². The van der Waals surface area contributed by atoms with E-state index < -0.39 is 5.79 Å². The first-order valence-corrected chi connectivity index (χ1v) is 5.95. The Balaban J connectivity index is 1.83. The Kier molecular flexibility index (Phi) is 2.16. The van der Waals surface area contributed by atoms with Crippen molar-refractivity contribution in [2.75, 3.05) is 0 Å². The lowest BCUT2D eigenvalue weighted by Gasteiger charge is -2.26. The van der Waals surface area contributed by atoms with Gasteiger partial charge in [-0.15, -0.1) is 0 Å². The van der Waals surface area contributed by atoms with Crippen molar-refractivity contribution in [3.05, 3.63) is 0 Å². The van der Waals surface area contributed by atoms with Gasteiger partial charge in [0.1, 0.15) is 18.0 Å². The zero-order valence-electron chi connectivity index (χ0n) is 10.1. The number of esters is 1. The number of carbonyl (C=O) groups is 2. The van der Waals surface area contributed by atoms with Crippen molar-refractivity contribution in [2.24, 2.45) is 11.8 Å². The fourth-order valence-corrected chi connectivity index (χ4v) is 3.35. The second-order valence-corrected chi connectivity index (χ2v) is 5.48. The molecule has 5 nitrogen and oxygen atoms in total. The summed E-state index contributed by atoms with van der Waals surface area (Å²) in [5.41, 5.74) is 0. The van der Waals surface area contributed by atoms with E-state index in [-0.39, 0.29) is 41.9 Å². The van der Waals surface area contributed by atoms with Crippen LogP contribution < -0.4 is 0 Å². The van der Waals surface area contributed by atoms with Gasteiger partial charge < -0.3 is 14.2 Å². The van der Waals surface area contributed by atoms with Crippen LogP contribution in [0.2, 0.25) is 0 Å². The standard InChI is InChI=1S/C12H16O5/c1-5(13)15-7-4-6-9(14)8(7)11-10(6)16-12(2,3)17-11/h6-8,10-11H,4H2,1-3H3/t6-,7+,8+,10+,11-/m1/s1. The number of Topliss-reactive ketones (excluding diaryl/α,β-unsaturated/α-hetero) is 1. The van der Waals surface area contributed by atoms with E-state index in [1.54, 1.807) is 0 Å². The number of ether oxygens (including phenoxy) is 3. The highest BCUT2D eigenvalue weighted by Gasteiger charge is 2.66. The third-order valence-electron chi connectivity index (χ3n) is 3.81. The normalized spacial score (nSPS) is 46.1. The Bertz CT molecular complexity index is 388. The summed E-state index contributed by atoms with van der Waals surface area (Å²) in [4.78, 5) is 23.0. The Morgan fingerprint density at radius 3 is 2.65 bits per heavy atom. The summed E-state index contributed by atoms with van der Waals surface area (Å²) in [5.74, 6) is -1.36. The van der Waals surface area contributed by atoms with Gasteiger partial charge in [0.05, 0.1) is 17.9 Å². The molecule has 0 radical (unpaired) electrons. The second-order valence-electron chi connectivity index (χ2n) is 5.48. The molecule has 3 aliphatic rings. The molecule has 17 heavy (non-hydrogen) atoms. The van der Waals surface area contributed by atoms with E-state index >= 15 is 0 Å². The summed E-state index contributed by atoms with van der Waals surface area (Å²) in [6, 6.07) is 0. The van der Waals surface area contributed by atoms with E-state index in [0.29, 0.717) is 6.42 Å². The molecule has 2 saturated carbocycles. The lowest BCUT2D eigenvalue weighted by atomic mass is 9.92. The lowest BCUT2D eigenvalue weighted by Crippen LogP contribution is -2.39. The highest BCUT2D eigenvalue weighted by molar-refractivity contribution is 5.91. The number of hydrogen-bond donors (Lipinski definition) is 0. The summed E-state index contributed by atoms with van der Waals surface area (Å²) >= 11 is 0. The van der Waals surface area contributed by atoms with Gasteiger partial charge in [-0.05, 0) is 20.3 Å². The maximum atomic E-state index is 12.0. The van der Waals surface area contributed by atoms with Crippen LogP contribution >= 0.6 is 0 Å². The average molecular weight is 240 g/mol. The fourth-order valence-electron chi connectivity index (χ4n) is 3.35. The van der Waals surface area contributed by atoms with Crippen LogP contribution in [0.15, 0.2) is 0 Å². The molecule has 0 unspecified atom stereocenters. The zero-order valence-corrected chi connectivity index (χ0v) is 10.1. The minimum atomic E-state index is -0.641. The summed E-state index contributed by atoms with van der Waals surface area (Å²) in [6.07, 6.45) is -0.164. The molecule has 94 valence electrons. The molecule has 1 saturated heterocycles. The third-order valence-corrected chi connectivity index (χ3v) is 3.81. The van der Waals surface area contributed by atoms with Crippen molar-refractivity contribution in [3.8, 4) is 0 Å². The number of carbonyl (C=O) groups excluding carboxylic acids is 2. The Morgan fingerprint density at radius 1 is 1.35 bits per heavy atom. The van der Waals surface area contributed by atoms with E-state index in [2.05, 4.69) is 0 Å². The SMILES string of the molecule is CC(=O)O[C@H]1C[C@@H]2C(=O)[C@H]1[C@H]1OC(C)(C)O[C@H]12. The minimum absolute atomic E-state index is 0.127. The van der Waals surface area contributed by atoms with Crippen LogP contribution in [0.4, 0.5) is 0 Å². The molecule has 0 spiro atoms. The Labute approximate surface area is 99.4 Å². The molecule has 5 heteroatoms. The van der Waals surface area contributed by atoms with Gasteiger partial charge in [-0.25, -0.2) is 0 Å². The van der Waals surface area contributed by atoms with E-state index in [4.69, 9.17) is 14.2 Å². The van der Waals surface area contributed by atoms with E-state index in [1.165, 1.54) is 6.92 Å². The highest BCUT2D eigenvalue weighted by atomic mass is 16.8. The van der Waals surface area contributed by atoms with Gasteiger partial charge in [0, 0.05) is 6.92 Å². The predicted molar refractivity (Wildman–Crippen MR) is 56.0 cm³/mol. The number of ketones is 1. The summed E-state index contributed by atoms with van der Waals surface area (Å²) in [7, 11) is 0. The fraction of sp³-hybridized carbons (Fsp3) is 0.833. The van der Waals surface area contributed by atoms with Crippen LogP contribution in [-0.4, -0.2) is 35.9 Å². The molecular weight excluding hydrogens is 224 g/mol. The number of fused-ring (bicyclic) bond motifs is 5. The zero-order chi connectivity index (χ0) is 12.4. The maximum Gasteiger partial charge on any atom is 0.302 e. The molecule has 2 aliphatic carbocycles. The average Bonchev–Trinajstić information content (AvgIpc) is 2.70. The monoisotopic (exact) mass is 240 g/mol. The number of hydrogen-bond acceptors (Lipinski definition) is 5. The molecule has 0 N–H and O–H groups in total. The largest absolute Gasteiger partial charge is 0.462 e. The van der Waals surface area contributed by atoms with Crippen molar-refractivity contribution in [3.63, 3.8) is 0 Å².